The molecule has 0 atom stereocenters. The quantitative estimate of drug-likeness (QED) is 0.819. The molecule has 6 heteroatoms. The number of halogens is 3. The second-order valence-corrected chi connectivity index (χ2v) is 5.75. The summed E-state index contributed by atoms with van der Waals surface area (Å²) >= 11 is 15.1. The van der Waals surface area contributed by atoms with E-state index in [1.807, 2.05) is 0 Å². The normalized spacial score (nSPS) is 10.2. The molecular formula is C14H10BrCl2NO2. The van der Waals surface area contributed by atoms with Gasteiger partial charge in [-0.1, -0.05) is 39.1 Å². The maximum absolute atomic E-state index is 12.2. The highest BCUT2D eigenvalue weighted by Gasteiger charge is 2.11. The summed E-state index contributed by atoms with van der Waals surface area (Å²) in [7, 11) is 1.52. The zero-order valence-electron chi connectivity index (χ0n) is 10.4. The van der Waals surface area contributed by atoms with Crippen molar-refractivity contribution in [2.75, 3.05) is 12.4 Å². The van der Waals surface area contributed by atoms with E-state index in [4.69, 9.17) is 27.9 Å². The molecule has 0 saturated carbocycles. The maximum atomic E-state index is 12.2. The Kier molecular flexibility index (Phi) is 4.91. The van der Waals surface area contributed by atoms with Crippen LogP contribution < -0.4 is 10.1 Å². The zero-order valence-corrected chi connectivity index (χ0v) is 13.5. The van der Waals surface area contributed by atoms with E-state index in [0.29, 0.717) is 27.0 Å². The van der Waals surface area contributed by atoms with Crippen molar-refractivity contribution >= 4 is 50.7 Å². The Balaban J connectivity index is 2.29. The van der Waals surface area contributed by atoms with Crippen molar-refractivity contribution in [2.24, 2.45) is 0 Å². The molecule has 0 fully saturated rings. The summed E-state index contributed by atoms with van der Waals surface area (Å²) in [4.78, 5) is 12.2. The number of amides is 1. The van der Waals surface area contributed by atoms with Crippen LogP contribution in [0.5, 0.6) is 5.75 Å². The van der Waals surface area contributed by atoms with Gasteiger partial charge >= 0.3 is 0 Å². The van der Waals surface area contributed by atoms with Crippen molar-refractivity contribution < 1.29 is 9.53 Å². The van der Waals surface area contributed by atoms with E-state index >= 15 is 0 Å². The van der Waals surface area contributed by atoms with Crippen LogP contribution in [0.25, 0.3) is 0 Å². The van der Waals surface area contributed by atoms with Gasteiger partial charge in [-0.2, -0.15) is 0 Å². The summed E-state index contributed by atoms with van der Waals surface area (Å²) in [6, 6.07) is 9.96. The molecule has 2 rings (SSSR count). The van der Waals surface area contributed by atoms with E-state index < -0.39 is 0 Å². The van der Waals surface area contributed by atoms with Crippen molar-refractivity contribution in [2.45, 2.75) is 0 Å². The first kappa shape index (κ1) is 15.2. The van der Waals surface area contributed by atoms with Gasteiger partial charge in [0.05, 0.1) is 12.8 Å². The van der Waals surface area contributed by atoms with E-state index in [2.05, 4.69) is 21.2 Å². The molecule has 0 heterocycles. The Bertz CT molecular complexity index is 641. The molecule has 0 spiro atoms. The van der Waals surface area contributed by atoms with Gasteiger partial charge in [0.15, 0.2) is 0 Å². The van der Waals surface area contributed by atoms with Crippen LogP contribution in [-0.4, -0.2) is 13.0 Å². The first-order valence-corrected chi connectivity index (χ1v) is 7.15. The van der Waals surface area contributed by atoms with Gasteiger partial charge < -0.3 is 10.1 Å². The van der Waals surface area contributed by atoms with Gasteiger partial charge in [0.25, 0.3) is 5.91 Å². The summed E-state index contributed by atoms with van der Waals surface area (Å²) in [5.74, 6) is 0.234. The third-order valence-corrected chi connectivity index (χ3v) is 3.45. The van der Waals surface area contributed by atoms with E-state index in [9.17, 15) is 4.79 Å². The SMILES string of the molecule is COc1ccc(Cl)cc1NC(=O)c1cc(Cl)cc(Br)c1. The van der Waals surface area contributed by atoms with Crippen LogP contribution in [0.1, 0.15) is 10.4 Å². The third-order valence-electron chi connectivity index (χ3n) is 2.53. The Hall–Kier alpha value is -1.23. The molecular weight excluding hydrogens is 365 g/mol. The van der Waals surface area contributed by atoms with Crippen molar-refractivity contribution in [1.82, 2.24) is 0 Å². The Morgan fingerprint density at radius 1 is 1.15 bits per heavy atom. The molecule has 2 aromatic carbocycles. The van der Waals surface area contributed by atoms with E-state index in [1.54, 1.807) is 36.4 Å². The summed E-state index contributed by atoms with van der Waals surface area (Å²) in [6.45, 7) is 0. The van der Waals surface area contributed by atoms with Crippen LogP contribution in [0.3, 0.4) is 0 Å². The molecule has 0 saturated heterocycles. The van der Waals surface area contributed by atoms with Gasteiger partial charge in [-0.05, 0) is 36.4 Å². The first-order valence-electron chi connectivity index (χ1n) is 5.60. The molecule has 104 valence electrons. The minimum Gasteiger partial charge on any atom is -0.495 e. The number of hydrogen-bond donors (Lipinski definition) is 1. The number of ether oxygens (including phenoxy) is 1. The van der Waals surface area contributed by atoms with Gasteiger partial charge in [0, 0.05) is 20.1 Å². The van der Waals surface area contributed by atoms with Crippen molar-refractivity contribution in [3.63, 3.8) is 0 Å². The number of carbonyl (C=O) groups excluding carboxylic acids is 1. The summed E-state index contributed by atoms with van der Waals surface area (Å²) in [6.07, 6.45) is 0. The number of carbonyl (C=O) groups is 1. The average Bonchev–Trinajstić information content (AvgIpc) is 2.37. The largest absolute Gasteiger partial charge is 0.495 e. The molecule has 0 unspecified atom stereocenters. The summed E-state index contributed by atoms with van der Waals surface area (Å²) in [5, 5.41) is 3.73. The molecule has 20 heavy (non-hydrogen) atoms. The molecule has 2 aromatic rings. The van der Waals surface area contributed by atoms with Crippen LogP contribution in [0.2, 0.25) is 10.0 Å². The Labute approximate surface area is 135 Å². The minimum atomic E-state index is -0.297. The Morgan fingerprint density at radius 3 is 2.55 bits per heavy atom. The lowest BCUT2D eigenvalue weighted by Gasteiger charge is -2.11. The molecule has 0 radical (unpaired) electrons. The second-order valence-electron chi connectivity index (χ2n) is 3.96. The van der Waals surface area contributed by atoms with E-state index in [0.717, 1.165) is 4.47 Å². The third kappa shape index (κ3) is 3.66. The predicted octanol–water partition coefficient (Wildman–Crippen LogP) is 5.02. The number of methoxy groups -OCH3 is 1. The lowest BCUT2D eigenvalue weighted by Crippen LogP contribution is -2.12. The fraction of sp³-hybridized carbons (Fsp3) is 0.0714. The number of nitrogens with one attached hydrogen (secondary N) is 1. The fourth-order valence-electron chi connectivity index (χ4n) is 1.66. The van der Waals surface area contributed by atoms with Gasteiger partial charge in [-0.25, -0.2) is 0 Å². The van der Waals surface area contributed by atoms with Crippen molar-refractivity contribution in [3.8, 4) is 5.75 Å². The van der Waals surface area contributed by atoms with Crippen molar-refractivity contribution in [3.05, 3.63) is 56.5 Å². The second kappa shape index (κ2) is 6.48. The maximum Gasteiger partial charge on any atom is 0.255 e. The van der Waals surface area contributed by atoms with Crippen LogP contribution in [0.4, 0.5) is 5.69 Å². The monoisotopic (exact) mass is 373 g/mol. The topological polar surface area (TPSA) is 38.3 Å². The fourth-order valence-corrected chi connectivity index (χ4v) is 2.69. The van der Waals surface area contributed by atoms with Gasteiger partial charge in [-0.3, -0.25) is 4.79 Å². The first-order chi connectivity index (χ1) is 9.49. The molecule has 0 aromatic heterocycles. The highest BCUT2D eigenvalue weighted by molar-refractivity contribution is 9.10. The van der Waals surface area contributed by atoms with Crippen LogP contribution in [0.15, 0.2) is 40.9 Å². The molecule has 1 N–H and O–H groups in total. The minimum absolute atomic E-state index is 0.297. The molecule has 0 bridgehead atoms. The van der Waals surface area contributed by atoms with E-state index in [1.165, 1.54) is 7.11 Å². The molecule has 0 aliphatic heterocycles. The number of benzene rings is 2. The van der Waals surface area contributed by atoms with Crippen LogP contribution in [0, 0.1) is 0 Å². The average molecular weight is 375 g/mol. The summed E-state index contributed by atoms with van der Waals surface area (Å²) in [5.41, 5.74) is 0.938. The molecule has 3 nitrogen and oxygen atoms in total. The van der Waals surface area contributed by atoms with Crippen LogP contribution in [-0.2, 0) is 0 Å². The highest BCUT2D eigenvalue weighted by Crippen LogP contribution is 2.28. The van der Waals surface area contributed by atoms with Gasteiger partial charge in [0.1, 0.15) is 5.75 Å². The van der Waals surface area contributed by atoms with Gasteiger partial charge in [-0.15, -0.1) is 0 Å². The highest BCUT2D eigenvalue weighted by atomic mass is 79.9. The molecule has 0 aliphatic rings. The standard InChI is InChI=1S/C14H10BrCl2NO2/c1-20-13-3-2-10(16)7-12(13)18-14(19)8-4-9(15)6-11(17)5-8/h2-7H,1H3,(H,18,19). The summed E-state index contributed by atoms with van der Waals surface area (Å²) < 4.78 is 5.91. The Morgan fingerprint density at radius 2 is 1.90 bits per heavy atom. The lowest BCUT2D eigenvalue weighted by atomic mass is 10.2. The van der Waals surface area contributed by atoms with E-state index in [-0.39, 0.29) is 5.91 Å². The molecule has 1 amide bonds. The van der Waals surface area contributed by atoms with Crippen molar-refractivity contribution in [1.29, 1.82) is 0 Å². The van der Waals surface area contributed by atoms with Crippen LogP contribution >= 0.6 is 39.1 Å². The number of anilines is 1. The zero-order chi connectivity index (χ0) is 14.7. The lowest BCUT2D eigenvalue weighted by molar-refractivity contribution is 0.102. The predicted molar refractivity (Wildman–Crippen MR) is 85.1 cm³/mol. The smallest absolute Gasteiger partial charge is 0.255 e. The number of hydrogen-bond acceptors (Lipinski definition) is 2. The van der Waals surface area contributed by atoms with Gasteiger partial charge in [0.2, 0.25) is 0 Å². The number of rotatable bonds is 3. The molecule has 0 aliphatic carbocycles.